The summed E-state index contributed by atoms with van der Waals surface area (Å²) in [5, 5.41) is 14.8. The molecule has 0 saturated carbocycles. The number of amides is 1. The van der Waals surface area contributed by atoms with Gasteiger partial charge in [0.05, 0.1) is 0 Å². The highest BCUT2D eigenvalue weighted by atomic mass is 16.5. The first-order valence-electron chi connectivity index (χ1n) is 12.5. The highest BCUT2D eigenvalue weighted by Crippen LogP contribution is 2.22. The van der Waals surface area contributed by atoms with Crippen molar-refractivity contribution < 1.29 is 29.3 Å². The number of hydrogen-bond acceptors (Lipinski definition) is 5. The Bertz CT molecular complexity index is 1150. The van der Waals surface area contributed by atoms with Crippen molar-refractivity contribution in [3.8, 4) is 5.75 Å². The van der Waals surface area contributed by atoms with Crippen LogP contribution in [0, 0.1) is 5.92 Å². The lowest BCUT2D eigenvalue weighted by Crippen LogP contribution is -2.40. The number of ether oxygens (including phenoxy) is 1. The SMILES string of the molecule is CN(Cc1ccccc1)C(=O)C1CCN(Cc2ccc(OCc3ccccc3)cc2)CC1.O=C(O)C(=O)O. The Kier molecular flexibility index (Phi) is 10.9. The van der Waals surface area contributed by atoms with Crippen LogP contribution in [-0.4, -0.2) is 58.0 Å². The fourth-order valence-electron chi connectivity index (χ4n) is 4.28. The minimum atomic E-state index is -1.82. The molecule has 1 saturated heterocycles. The van der Waals surface area contributed by atoms with E-state index in [-0.39, 0.29) is 11.8 Å². The van der Waals surface area contributed by atoms with Gasteiger partial charge in [-0.15, -0.1) is 0 Å². The van der Waals surface area contributed by atoms with Crippen molar-refractivity contribution in [1.29, 1.82) is 0 Å². The summed E-state index contributed by atoms with van der Waals surface area (Å²) in [5.74, 6) is -2.35. The van der Waals surface area contributed by atoms with Crippen molar-refractivity contribution in [2.24, 2.45) is 5.92 Å². The van der Waals surface area contributed by atoms with Crippen LogP contribution in [0.25, 0.3) is 0 Å². The van der Waals surface area contributed by atoms with E-state index in [2.05, 4.69) is 41.3 Å². The first-order valence-corrected chi connectivity index (χ1v) is 12.5. The van der Waals surface area contributed by atoms with E-state index in [1.54, 1.807) is 0 Å². The number of carboxylic acid groups (broad SMARTS) is 2. The first-order chi connectivity index (χ1) is 18.3. The molecule has 0 aliphatic carbocycles. The Hall–Kier alpha value is -4.17. The van der Waals surface area contributed by atoms with Gasteiger partial charge in [-0.1, -0.05) is 72.8 Å². The Morgan fingerprint density at radius 3 is 1.84 bits per heavy atom. The zero-order valence-electron chi connectivity index (χ0n) is 21.5. The maximum atomic E-state index is 12.9. The summed E-state index contributed by atoms with van der Waals surface area (Å²) < 4.78 is 5.89. The maximum Gasteiger partial charge on any atom is 0.414 e. The normalized spacial score (nSPS) is 13.6. The van der Waals surface area contributed by atoms with Crippen LogP contribution in [0.5, 0.6) is 5.75 Å². The third kappa shape index (κ3) is 9.37. The Morgan fingerprint density at radius 2 is 1.32 bits per heavy atom. The maximum absolute atomic E-state index is 12.9. The van der Waals surface area contributed by atoms with Crippen molar-refractivity contribution in [3.05, 3.63) is 102 Å². The summed E-state index contributed by atoms with van der Waals surface area (Å²) in [7, 11) is 1.92. The Labute approximate surface area is 223 Å². The van der Waals surface area contributed by atoms with Crippen LogP contribution in [0.4, 0.5) is 0 Å². The summed E-state index contributed by atoms with van der Waals surface area (Å²) in [6.07, 6.45) is 1.85. The van der Waals surface area contributed by atoms with Gasteiger partial charge in [0, 0.05) is 26.1 Å². The molecule has 0 radical (unpaired) electrons. The summed E-state index contributed by atoms with van der Waals surface area (Å²) >= 11 is 0. The smallest absolute Gasteiger partial charge is 0.414 e. The van der Waals surface area contributed by atoms with Crippen molar-refractivity contribution in [2.75, 3.05) is 20.1 Å². The van der Waals surface area contributed by atoms with Crippen LogP contribution in [-0.2, 0) is 34.1 Å². The number of carbonyl (C=O) groups excluding carboxylic acids is 1. The lowest BCUT2D eigenvalue weighted by atomic mass is 9.95. The quantitative estimate of drug-likeness (QED) is 0.428. The first kappa shape index (κ1) is 28.4. The molecule has 0 spiro atoms. The zero-order valence-corrected chi connectivity index (χ0v) is 21.5. The van der Waals surface area contributed by atoms with Gasteiger partial charge < -0.3 is 19.8 Å². The van der Waals surface area contributed by atoms with Crippen molar-refractivity contribution >= 4 is 17.8 Å². The van der Waals surface area contributed by atoms with Crippen LogP contribution in [0.15, 0.2) is 84.9 Å². The second-order valence-corrected chi connectivity index (χ2v) is 9.26. The van der Waals surface area contributed by atoms with Gasteiger partial charge in [-0.2, -0.15) is 0 Å². The van der Waals surface area contributed by atoms with E-state index < -0.39 is 11.9 Å². The molecule has 38 heavy (non-hydrogen) atoms. The summed E-state index contributed by atoms with van der Waals surface area (Å²) in [5.41, 5.74) is 3.63. The van der Waals surface area contributed by atoms with Gasteiger partial charge in [0.2, 0.25) is 5.91 Å². The molecule has 0 aromatic heterocycles. The number of benzene rings is 3. The van der Waals surface area contributed by atoms with Crippen LogP contribution in [0.1, 0.15) is 29.5 Å². The molecule has 0 atom stereocenters. The number of carbonyl (C=O) groups is 3. The van der Waals surface area contributed by atoms with Crippen LogP contribution < -0.4 is 4.74 Å². The summed E-state index contributed by atoms with van der Waals surface area (Å²) in [4.78, 5) is 35.4. The highest BCUT2D eigenvalue weighted by molar-refractivity contribution is 6.27. The number of hydrogen-bond donors (Lipinski definition) is 2. The van der Waals surface area contributed by atoms with E-state index in [0.717, 1.165) is 38.2 Å². The molecule has 200 valence electrons. The van der Waals surface area contributed by atoms with Gasteiger partial charge in [0.15, 0.2) is 0 Å². The van der Waals surface area contributed by atoms with Crippen LogP contribution in [0.3, 0.4) is 0 Å². The fourth-order valence-corrected chi connectivity index (χ4v) is 4.28. The molecule has 1 amide bonds. The molecule has 4 rings (SSSR count). The third-order valence-electron chi connectivity index (χ3n) is 6.34. The average molecular weight is 519 g/mol. The van der Waals surface area contributed by atoms with E-state index in [0.29, 0.717) is 13.2 Å². The second kappa shape index (κ2) is 14.5. The van der Waals surface area contributed by atoms with Gasteiger partial charge >= 0.3 is 11.9 Å². The van der Waals surface area contributed by atoms with Gasteiger partial charge in [0.25, 0.3) is 0 Å². The van der Waals surface area contributed by atoms with Crippen LogP contribution >= 0.6 is 0 Å². The molecule has 8 heteroatoms. The molecular formula is C30H34N2O6. The molecule has 3 aromatic rings. The molecule has 8 nitrogen and oxygen atoms in total. The van der Waals surface area contributed by atoms with E-state index in [4.69, 9.17) is 24.5 Å². The molecular weight excluding hydrogens is 484 g/mol. The number of piperidine rings is 1. The summed E-state index contributed by atoms with van der Waals surface area (Å²) in [6, 6.07) is 28.8. The largest absolute Gasteiger partial charge is 0.489 e. The van der Waals surface area contributed by atoms with Gasteiger partial charge in [-0.05, 0) is 54.8 Å². The van der Waals surface area contributed by atoms with E-state index >= 15 is 0 Å². The number of likely N-dealkylation sites (tertiary alicyclic amines) is 1. The van der Waals surface area contributed by atoms with E-state index in [1.807, 2.05) is 60.5 Å². The monoisotopic (exact) mass is 518 g/mol. The molecule has 0 bridgehead atoms. The van der Waals surface area contributed by atoms with Gasteiger partial charge in [-0.3, -0.25) is 9.69 Å². The average Bonchev–Trinajstić information content (AvgIpc) is 2.94. The van der Waals surface area contributed by atoms with Crippen molar-refractivity contribution in [3.63, 3.8) is 0 Å². The Morgan fingerprint density at radius 1 is 0.789 bits per heavy atom. The standard InChI is InChI=1S/C28H32N2O2.C2H2O4/c1-29(20-23-8-4-2-5-9-23)28(31)26-16-18-30(19-17-26)21-24-12-14-27(15-13-24)32-22-25-10-6-3-7-11-25;3-1(4)2(5)6/h2-15,26H,16-22H2,1H3;(H,3,4)(H,5,6). The predicted molar refractivity (Wildman–Crippen MR) is 143 cm³/mol. The molecule has 0 unspecified atom stereocenters. The molecule has 1 aliphatic heterocycles. The minimum Gasteiger partial charge on any atom is -0.489 e. The van der Waals surface area contributed by atoms with Gasteiger partial charge in [0.1, 0.15) is 12.4 Å². The number of rotatable bonds is 8. The molecule has 3 aromatic carbocycles. The number of carboxylic acids is 2. The zero-order chi connectivity index (χ0) is 27.3. The molecule has 2 N–H and O–H groups in total. The number of nitrogens with zero attached hydrogens (tertiary/aromatic N) is 2. The van der Waals surface area contributed by atoms with E-state index in [9.17, 15) is 4.79 Å². The molecule has 1 fully saturated rings. The summed E-state index contributed by atoms with van der Waals surface area (Å²) in [6.45, 7) is 4.10. The molecule has 1 aliphatic rings. The third-order valence-corrected chi connectivity index (χ3v) is 6.34. The fraction of sp³-hybridized carbons (Fsp3) is 0.300. The number of aliphatic carboxylic acids is 2. The second-order valence-electron chi connectivity index (χ2n) is 9.26. The van der Waals surface area contributed by atoms with E-state index in [1.165, 1.54) is 16.7 Å². The van der Waals surface area contributed by atoms with Crippen molar-refractivity contribution in [2.45, 2.75) is 32.5 Å². The molecule has 1 heterocycles. The predicted octanol–water partition coefficient (Wildman–Crippen LogP) is 4.29. The highest BCUT2D eigenvalue weighted by Gasteiger charge is 2.27. The Balaban J connectivity index is 0.000000599. The minimum absolute atomic E-state index is 0.133. The lowest BCUT2D eigenvalue weighted by molar-refractivity contribution is -0.159. The lowest BCUT2D eigenvalue weighted by Gasteiger charge is -2.33. The van der Waals surface area contributed by atoms with Gasteiger partial charge in [-0.25, -0.2) is 9.59 Å². The van der Waals surface area contributed by atoms with Crippen molar-refractivity contribution in [1.82, 2.24) is 9.80 Å². The van der Waals surface area contributed by atoms with Crippen LogP contribution in [0.2, 0.25) is 0 Å². The topological polar surface area (TPSA) is 107 Å².